The van der Waals surface area contributed by atoms with Gasteiger partial charge in [-0.1, -0.05) is 36.7 Å². The van der Waals surface area contributed by atoms with Gasteiger partial charge in [0.25, 0.3) is 0 Å². The van der Waals surface area contributed by atoms with E-state index in [4.69, 9.17) is 22.5 Å². The van der Waals surface area contributed by atoms with Crippen LogP contribution in [0, 0.1) is 11.7 Å². The van der Waals surface area contributed by atoms with Crippen molar-refractivity contribution in [2.45, 2.75) is 26.8 Å². The Balaban J connectivity index is 2.78. The van der Waals surface area contributed by atoms with Crippen molar-refractivity contribution in [2.24, 2.45) is 16.8 Å². The van der Waals surface area contributed by atoms with Crippen molar-refractivity contribution < 1.29 is 9.60 Å². The van der Waals surface area contributed by atoms with Crippen molar-refractivity contribution in [2.75, 3.05) is 13.1 Å². The molecule has 0 aliphatic carbocycles. The van der Waals surface area contributed by atoms with Crippen molar-refractivity contribution >= 4 is 17.4 Å². The molecule has 0 aliphatic heterocycles. The van der Waals surface area contributed by atoms with Crippen LogP contribution in [-0.4, -0.2) is 29.0 Å². The summed E-state index contributed by atoms with van der Waals surface area (Å²) in [7, 11) is 0. The van der Waals surface area contributed by atoms with Gasteiger partial charge in [0, 0.05) is 36.6 Å². The smallest absolute Gasteiger partial charge is 0.140 e. The average molecular weight is 302 g/mol. The number of oxime groups is 1. The molecule has 20 heavy (non-hydrogen) atoms. The number of rotatable bonds is 7. The van der Waals surface area contributed by atoms with Gasteiger partial charge in [-0.05, 0) is 18.1 Å². The topological polar surface area (TPSA) is 61.8 Å². The number of benzene rings is 1. The predicted molar refractivity (Wildman–Crippen MR) is 79.6 cm³/mol. The van der Waals surface area contributed by atoms with Gasteiger partial charge in [0.1, 0.15) is 11.7 Å². The monoisotopic (exact) mass is 301 g/mol. The minimum absolute atomic E-state index is 0.165. The van der Waals surface area contributed by atoms with Crippen LogP contribution in [0.3, 0.4) is 0 Å². The molecule has 0 heterocycles. The molecule has 0 fully saturated rings. The Morgan fingerprint density at radius 3 is 2.75 bits per heavy atom. The molecule has 1 rings (SSSR count). The van der Waals surface area contributed by atoms with Crippen molar-refractivity contribution in [1.29, 1.82) is 0 Å². The van der Waals surface area contributed by atoms with Crippen LogP contribution in [0.1, 0.15) is 25.8 Å². The minimum Gasteiger partial charge on any atom is -0.409 e. The first-order valence-corrected chi connectivity index (χ1v) is 6.93. The van der Waals surface area contributed by atoms with Gasteiger partial charge < -0.3 is 10.9 Å². The molecule has 0 amide bonds. The third kappa shape index (κ3) is 5.35. The summed E-state index contributed by atoms with van der Waals surface area (Å²) in [5, 5.41) is 11.9. The highest BCUT2D eigenvalue weighted by Gasteiger charge is 2.14. The van der Waals surface area contributed by atoms with E-state index in [1.54, 1.807) is 12.1 Å². The van der Waals surface area contributed by atoms with E-state index in [0.717, 1.165) is 6.54 Å². The summed E-state index contributed by atoms with van der Waals surface area (Å²) in [6.45, 7) is 5.93. The normalized spacial score (nSPS) is 12.4. The molecule has 112 valence electrons. The highest BCUT2D eigenvalue weighted by atomic mass is 35.5. The zero-order valence-electron chi connectivity index (χ0n) is 11.8. The summed E-state index contributed by atoms with van der Waals surface area (Å²) in [6, 6.07) is 4.67. The first-order chi connectivity index (χ1) is 9.43. The molecule has 0 atom stereocenters. The first kappa shape index (κ1) is 16.7. The number of nitrogens with two attached hydrogens (primary N) is 1. The SMILES string of the molecule is CC(C)CN(CCC(N)=NO)Cc1c(F)cccc1Cl. The van der Waals surface area contributed by atoms with Gasteiger partial charge in [-0.15, -0.1) is 0 Å². The summed E-state index contributed by atoms with van der Waals surface area (Å²) in [4.78, 5) is 2.05. The maximum Gasteiger partial charge on any atom is 0.140 e. The molecule has 0 spiro atoms. The van der Waals surface area contributed by atoms with Gasteiger partial charge in [0.2, 0.25) is 0 Å². The molecule has 1 aromatic rings. The van der Waals surface area contributed by atoms with E-state index in [1.807, 2.05) is 4.90 Å². The van der Waals surface area contributed by atoms with Crippen molar-refractivity contribution in [3.63, 3.8) is 0 Å². The van der Waals surface area contributed by atoms with Crippen molar-refractivity contribution in [1.82, 2.24) is 4.90 Å². The third-order valence-electron chi connectivity index (χ3n) is 2.88. The van der Waals surface area contributed by atoms with Crippen LogP contribution in [0.15, 0.2) is 23.4 Å². The Kier molecular flexibility index (Phi) is 6.75. The molecule has 0 radical (unpaired) electrons. The minimum atomic E-state index is -0.310. The van der Waals surface area contributed by atoms with Crippen LogP contribution >= 0.6 is 11.6 Å². The Hall–Kier alpha value is -1.33. The number of hydrogen-bond acceptors (Lipinski definition) is 3. The van der Waals surface area contributed by atoms with Crippen LogP contribution in [-0.2, 0) is 6.54 Å². The van der Waals surface area contributed by atoms with E-state index in [-0.39, 0.29) is 11.7 Å². The highest BCUT2D eigenvalue weighted by Crippen LogP contribution is 2.21. The zero-order chi connectivity index (χ0) is 15.1. The van der Waals surface area contributed by atoms with Crippen LogP contribution in [0.4, 0.5) is 4.39 Å². The van der Waals surface area contributed by atoms with E-state index in [2.05, 4.69) is 19.0 Å². The molecular weight excluding hydrogens is 281 g/mol. The van der Waals surface area contributed by atoms with E-state index in [9.17, 15) is 4.39 Å². The molecule has 1 aromatic carbocycles. The van der Waals surface area contributed by atoms with Gasteiger partial charge >= 0.3 is 0 Å². The zero-order valence-corrected chi connectivity index (χ0v) is 12.6. The van der Waals surface area contributed by atoms with Crippen LogP contribution in [0.5, 0.6) is 0 Å². The first-order valence-electron chi connectivity index (χ1n) is 6.55. The lowest BCUT2D eigenvalue weighted by Gasteiger charge is -2.24. The number of nitrogens with zero attached hydrogens (tertiary/aromatic N) is 2. The summed E-state index contributed by atoms with van der Waals surface area (Å²) >= 11 is 6.05. The van der Waals surface area contributed by atoms with Gasteiger partial charge in [0.15, 0.2) is 0 Å². The predicted octanol–water partition coefficient (Wildman–Crippen LogP) is 3.07. The number of amidine groups is 1. The second-order valence-corrected chi connectivity index (χ2v) is 5.58. The standard InChI is InChI=1S/C14H21ClFN3O/c1-10(2)8-19(7-6-14(17)18-20)9-11-12(15)4-3-5-13(11)16/h3-5,10,20H,6-9H2,1-2H3,(H2,17,18). The molecule has 3 N–H and O–H groups in total. The Bertz CT molecular complexity index is 445. The summed E-state index contributed by atoms with van der Waals surface area (Å²) in [5.41, 5.74) is 5.96. The molecule has 0 saturated heterocycles. The lowest BCUT2D eigenvalue weighted by Crippen LogP contribution is -2.31. The molecular formula is C14H21ClFN3O. The van der Waals surface area contributed by atoms with Gasteiger partial charge in [-0.25, -0.2) is 4.39 Å². The molecule has 0 unspecified atom stereocenters. The van der Waals surface area contributed by atoms with Gasteiger partial charge in [0.05, 0.1) is 0 Å². The van der Waals surface area contributed by atoms with Crippen LogP contribution in [0.2, 0.25) is 5.02 Å². The summed E-state index contributed by atoms with van der Waals surface area (Å²) in [6.07, 6.45) is 0.426. The largest absolute Gasteiger partial charge is 0.409 e. The molecule has 0 aromatic heterocycles. The molecule has 0 bridgehead atoms. The van der Waals surface area contributed by atoms with Crippen LogP contribution in [0.25, 0.3) is 0 Å². The fourth-order valence-electron chi connectivity index (χ4n) is 1.98. The Labute approximate surface area is 124 Å². The molecule has 4 nitrogen and oxygen atoms in total. The van der Waals surface area contributed by atoms with E-state index in [1.165, 1.54) is 6.07 Å². The second-order valence-electron chi connectivity index (χ2n) is 5.17. The lowest BCUT2D eigenvalue weighted by molar-refractivity contribution is 0.238. The number of halogens is 2. The van der Waals surface area contributed by atoms with Crippen LogP contribution < -0.4 is 5.73 Å². The van der Waals surface area contributed by atoms with E-state index >= 15 is 0 Å². The van der Waals surface area contributed by atoms with Crippen molar-refractivity contribution in [3.8, 4) is 0 Å². The quantitative estimate of drug-likeness (QED) is 0.352. The molecule has 0 saturated carbocycles. The Morgan fingerprint density at radius 1 is 1.50 bits per heavy atom. The van der Waals surface area contributed by atoms with Gasteiger partial charge in [-0.3, -0.25) is 4.90 Å². The van der Waals surface area contributed by atoms with E-state index in [0.29, 0.717) is 36.0 Å². The summed E-state index contributed by atoms with van der Waals surface area (Å²) < 4.78 is 13.8. The van der Waals surface area contributed by atoms with E-state index < -0.39 is 0 Å². The molecule has 6 heteroatoms. The Morgan fingerprint density at radius 2 is 2.20 bits per heavy atom. The lowest BCUT2D eigenvalue weighted by atomic mass is 10.1. The highest BCUT2D eigenvalue weighted by molar-refractivity contribution is 6.31. The maximum absolute atomic E-state index is 13.8. The fraction of sp³-hybridized carbons (Fsp3) is 0.500. The maximum atomic E-state index is 13.8. The number of hydrogen-bond donors (Lipinski definition) is 2. The van der Waals surface area contributed by atoms with Crippen molar-refractivity contribution in [3.05, 3.63) is 34.6 Å². The van der Waals surface area contributed by atoms with Gasteiger partial charge in [-0.2, -0.15) is 0 Å². The molecule has 0 aliphatic rings. The second kappa shape index (κ2) is 8.07. The third-order valence-corrected chi connectivity index (χ3v) is 3.23. The average Bonchev–Trinajstić information content (AvgIpc) is 2.39. The summed E-state index contributed by atoms with van der Waals surface area (Å²) in [5.74, 6) is 0.279. The fourth-order valence-corrected chi connectivity index (χ4v) is 2.20.